The standard InChI is InChI=1S/C13H19N5O3/c1-7(17-12(20)10(14)6-11(15)19)8-2-4-9(5-3-8)18-13(16)21/h2-5,7,10H,6,14H2,1H3,(H2,15,19)(H,17,20)(H3,16,18,21). The Balaban J connectivity index is 2.62. The fraction of sp³-hybridized carbons (Fsp3) is 0.308. The molecule has 4 amide bonds. The Morgan fingerprint density at radius 3 is 2.19 bits per heavy atom. The molecule has 8 heteroatoms. The van der Waals surface area contributed by atoms with Crippen molar-refractivity contribution < 1.29 is 14.4 Å². The summed E-state index contributed by atoms with van der Waals surface area (Å²) >= 11 is 0. The zero-order valence-electron chi connectivity index (χ0n) is 11.6. The average molecular weight is 293 g/mol. The van der Waals surface area contributed by atoms with Crippen LogP contribution in [0.2, 0.25) is 0 Å². The van der Waals surface area contributed by atoms with Crippen LogP contribution < -0.4 is 27.8 Å². The lowest BCUT2D eigenvalue weighted by Gasteiger charge is -2.17. The van der Waals surface area contributed by atoms with Gasteiger partial charge in [-0.3, -0.25) is 9.59 Å². The van der Waals surface area contributed by atoms with Gasteiger partial charge in [-0.2, -0.15) is 0 Å². The zero-order chi connectivity index (χ0) is 16.0. The fourth-order valence-electron chi connectivity index (χ4n) is 1.71. The first-order valence-corrected chi connectivity index (χ1v) is 6.30. The molecule has 0 bridgehead atoms. The van der Waals surface area contributed by atoms with E-state index in [9.17, 15) is 14.4 Å². The molecule has 0 spiro atoms. The minimum Gasteiger partial charge on any atom is -0.370 e. The van der Waals surface area contributed by atoms with Crippen LogP contribution in [0.3, 0.4) is 0 Å². The van der Waals surface area contributed by atoms with Crippen LogP contribution in [0.5, 0.6) is 0 Å². The van der Waals surface area contributed by atoms with Gasteiger partial charge in [0.1, 0.15) is 0 Å². The molecule has 1 aromatic carbocycles. The lowest BCUT2D eigenvalue weighted by atomic mass is 10.1. The highest BCUT2D eigenvalue weighted by Crippen LogP contribution is 2.16. The number of nitrogens with two attached hydrogens (primary N) is 3. The van der Waals surface area contributed by atoms with E-state index in [4.69, 9.17) is 17.2 Å². The number of benzene rings is 1. The fourth-order valence-corrected chi connectivity index (χ4v) is 1.71. The molecule has 2 atom stereocenters. The minimum atomic E-state index is -0.972. The molecule has 8 nitrogen and oxygen atoms in total. The Hall–Kier alpha value is -2.61. The quantitative estimate of drug-likeness (QED) is 0.482. The van der Waals surface area contributed by atoms with E-state index in [0.717, 1.165) is 5.56 Å². The van der Waals surface area contributed by atoms with Crippen LogP contribution in [0.25, 0.3) is 0 Å². The van der Waals surface area contributed by atoms with E-state index in [2.05, 4.69) is 10.6 Å². The molecule has 0 aliphatic carbocycles. The number of rotatable bonds is 6. The molecule has 0 aliphatic heterocycles. The normalized spacial score (nSPS) is 13.0. The number of hydrogen-bond donors (Lipinski definition) is 5. The van der Waals surface area contributed by atoms with E-state index in [1.165, 1.54) is 0 Å². The molecule has 1 rings (SSSR count). The number of carbonyl (C=O) groups is 3. The lowest BCUT2D eigenvalue weighted by molar-refractivity contribution is -0.126. The predicted octanol–water partition coefficient (Wildman–Crippen LogP) is -0.443. The Kier molecular flexibility index (Phi) is 5.67. The Morgan fingerprint density at radius 1 is 1.14 bits per heavy atom. The SMILES string of the molecule is CC(NC(=O)C(N)CC(N)=O)c1ccc(NC(N)=O)cc1. The van der Waals surface area contributed by atoms with Crippen molar-refractivity contribution in [3.8, 4) is 0 Å². The van der Waals surface area contributed by atoms with E-state index in [0.29, 0.717) is 5.69 Å². The van der Waals surface area contributed by atoms with Crippen LogP contribution in [-0.2, 0) is 9.59 Å². The van der Waals surface area contributed by atoms with Crippen LogP contribution >= 0.6 is 0 Å². The highest BCUT2D eigenvalue weighted by molar-refractivity contribution is 5.88. The van der Waals surface area contributed by atoms with E-state index in [-0.39, 0.29) is 12.5 Å². The van der Waals surface area contributed by atoms with Crippen LogP contribution in [0.15, 0.2) is 24.3 Å². The highest BCUT2D eigenvalue weighted by atomic mass is 16.2. The van der Waals surface area contributed by atoms with Crippen molar-refractivity contribution in [1.29, 1.82) is 0 Å². The third kappa shape index (κ3) is 5.49. The molecule has 2 unspecified atom stereocenters. The first kappa shape index (κ1) is 16.4. The molecule has 0 fully saturated rings. The number of carbonyl (C=O) groups excluding carboxylic acids is 3. The minimum absolute atomic E-state index is 0.208. The highest BCUT2D eigenvalue weighted by Gasteiger charge is 2.18. The second kappa shape index (κ2) is 7.25. The summed E-state index contributed by atoms with van der Waals surface area (Å²) in [5, 5.41) is 5.11. The van der Waals surface area contributed by atoms with Crippen molar-refractivity contribution in [2.24, 2.45) is 17.2 Å². The van der Waals surface area contributed by atoms with Gasteiger partial charge in [-0.15, -0.1) is 0 Å². The van der Waals surface area contributed by atoms with E-state index in [1.54, 1.807) is 31.2 Å². The maximum atomic E-state index is 11.8. The van der Waals surface area contributed by atoms with Gasteiger partial charge in [-0.1, -0.05) is 12.1 Å². The van der Waals surface area contributed by atoms with Crippen LogP contribution in [-0.4, -0.2) is 23.9 Å². The average Bonchev–Trinajstić information content (AvgIpc) is 2.37. The Bertz CT molecular complexity index is 529. The first-order chi connectivity index (χ1) is 9.79. The smallest absolute Gasteiger partial charge is 0.316 e. The Labute approximate surface area is 122 Å². The number of amides is 4. The molecule has 114 valence electrons. The molecular formula is C13H19N5O3. The van der Waals surface area contributed by atoms with Crippen LogP contribution in [0.1, 0.15) is 24.9 Å². The maximum absolute atomic E-state index is 11.8. The largest absolute Gasteiger partial charge is 0.370 e. The van der Waals surface area contributed by atoms with Crippen molar-refractivity contribution >= 4 is 23.5 Å². The summed E-state index contributed by atoms with van der Waals surface area (Å²) < 4.78 is 0. The Morgan fingerprint density at radius 2 is 1.71 bits per heavy atom. The number of hydrogen-bond acceptors (Lipinski definition) is 4. The third-order valence-corrected chi connectivity index (χ3v) is 2.79. The molecule has 8 N–H and O–H groups in total. The number of anilines is 1. The molecule has 0 saturated heterocycles. The summed E-state index contributed by atoms with van der Waals surface area (Å²) in [6.07, 6.45) is -0.208. The third-order valence-electron chi connectivity index (χ3n) is 2.79. The van der Waals surface area contributed by atoms with Gasteiger partial charge in [-0.25, -0.2) is 4.79 Å². The molecule has 0 aliphatic rings. The number of nitrogens with one attached hydrogen (secondary N) is 2. The molecule has 0 saturated carbocycles. The number of urea groups is 1. The maximum Gasteiger partial charge on any atom is 0.316 e. The van der Waals surface area contributed by atoms with Crippen LogP contribution in [0, 0.1) is 0 Å². The van der Waals surface area contributed by atoms with Crippen molar-refractivity contribution in [3.63, 3.8) is 0 Å². The van der Waals surface area contributed by atoms with E-state index < -0.39 is 23.9 Å². The van der Waals surface area contributed by atoms with Crippen molar-refractivity contribution in [3.05, 3.63) is 29.8 Å². The second-order valence-electron chi connectivity index (χ2n) is 4.62. The number of primary amides is 2. The van der Waals surface area contributed by atoms with Gasteiger partial charge in [0.2, 0.25) is 11.8 Å². The van der Waals surface area contributed by atoms with E-state index >= 15 is 0 Å². The molecule has 21 heavy (non-hydrogen) atoms. The topological polar surface area (TPSA) is 153 Å². The summed E-state index contributed by atoms with van der Waals surface area (Å²) in [6.45, 7) is 1.77. The van der Waals surface area contributed by atoms with Gasteiger partial charge in [0, 0.05) is 5.69 Å². The zero-order valence-corrected chi connectivity index (χ0v) is 11.6. The summed E-state index contributed by atoms with van der Waals surface area (Å²) in [6, 6.07) is 4.85. The van der Waals surface area contributed by atoms with Gasteiger partial charge in [0.15, 0.2) is 0 Å². The van der Waals surface area contributed by atoms with Crippen LogP contribution in [0.4, 0.5) is 10.5 Å². The van der Waals surface area contributed by atoms with Crippen molar-refractivity contribution in [1.82, 2.24) is 5.32 Å². The first-order valence-electron chi connectivity index (χ1n) is 6.30. The predicted molar refractivity (Wildman–Crippen MR) is 78.0 cm³/mol. The van der Waals surface area contributed by atoms with E-state index in [1.807, 2.05) is 0 Å². The summed E-state index contributed by atoms with van der Waals surface area (Å²) in [5.41, 5.74) is 16.9. The van der Waals surface area contributed by atoms with Gasteiger partial charge in [-0.05, 0) is 24.6 Å². The van der Waals surface area contributed by atoms with Gasteiger partial charge in [0.25, 0.3) is 0 Å². The second-order valence-corrected chi connectivity index (χ2v) is 4.62. The molecule has 0 radical (unpaired) electrons. The van der Waals surface area contributed by atoms with Gasteiger partial charge in [0.05, 0.1) is 18.5 Å². The van der Waals surface area contributed by atoms with Crippen molar-refractivity contribution in [2.45, 2.75) is 25.4 Å². The summed E-state index contributed by atoms with van der Waals surface area (Å²) in [4.78, 5) is 33.2. The van der Waals surface area contributed by atoms with Crippen molar-refractivity contribution in [2.75, 3.05) is 5.32 Å². The molecular weight excluding hydrogens is 274 g/mol. The molecule has 1 aromatic rings. The molecule has 0 aromatic heterocycles. The lowest BCUT2D eigenvalue weighted by Crippen LogP contribution is -2.43. The van der Waals surface area contributed by atoms with Gasteiger partial charge < -0.3 is 27.8 Å². The van der Waals surface area contributed by atoms with Gasteiger partial charge >= 0.3 is 6.03 Å². The monoisotopic (exact) mass is 293 g/mol. The summed E-state index contributed by atoms with van der Waals surface area (Å²) in [7, 11) is 0. The summed E-state index contributed by atoms with van der Waals surface area (Å²) in [5.74, 6) is -1.09. The molecule has 0 heterocycles.